The maximum absolute atomic E-state index is 12.5. The Morgan fingerprint density at radius 1 is 1.26 bits per heavy atom. The second kappa shape index (κ2) is 7.12. The van der Waals surface area contributed by atoms with Crippen LogP contribution in [0.15, 0.2) is 18.3 Å². The molecule has 0 radical (unpaired) electrons. The molecule has 4 heteroatoms. The van der Waals surface area contributed by atoms with E-state index in [1.807, 2.05) is 24.0 Å². The molecule has 2 heterocycles. The van der Waals surface area contributed by atoms with Crippen molar-refractivity contribution in [2.45, 2.75) is 39.0 Å². The third-order valence-electron chi connectivity index (χ3n) is 3.50. The predicted molar refractivity (Wildman–Crippen MR) is 77.4 cm³/mol. The molecular formula is C15H23N3O. The number of likely N-dealkylation sites (tertiary alicyclic amines) is 1. The molecule has 0 aliphatic carbocycles. The number of carbonyl (C=O) groups is 1. The molecule has 1 aliphatic rings. The molecule has 4 nitrogen and oxygen atoms in total. The number of aromatic nitrogens is 1. The van der Waals surface area contributed by atoms with Crippen LogP contribution in [0.25, 0.3) is 0 Å². The minimum atomic E-state index is 0.0710. The highest BCUT2D eigenvalue weighted by molar-refractivity contribution is 5.93. The fourth-order valence-corrected chi connectivity index (χ4v) is 2.47. The van der Waals surface area contributed by atoms with Gasteiger partial charge in [-0.1, -0.05) is 19.3 Å². The number of anilines is 1. The van der Waals surface area contributed by atoms with E-state index in [-0.39, 0.29) is 5.91 Å². The normalized spacial score (nSPS) is 16.6. The zero-order chi connectivity index (χ0) is 13.5. The van der Waals surface area contributed by atoms with Crippen molar-refractivity contribution in [3.63, 3.8) is 0 Å². The first-order chi connectivity index (χ1) is 9.31. The Morgan fingerprint density at radius 3 is 2.63 bits per heavy atom. The zero-order valence-electron chi connectivity index (χ0n) is 11.7. The molecule has 1 aromatic heterocycles. The van der Waals surface area contributed by atoms with Gasteiger partial charge in [-0.05, 0) is 31.9 Å². The van der Waals surface area contributed by atoms with E-state index >= 15 is 0 Å². The number of hydrogen-bond donors (Lipinski definition) is 1. The molecule has 104 valence electrons. The standard InChI is InChI=1S/C15H23N3O/c1-2-16-13-8-9-17-14(12-13)15(19)18-10-6-4-3-5-7-11-18/h8-9,12H,2-7,10-11H2,1H3,(H,16,17). The molecule has 0 bridgehead atoms. The lowest BCUT2D eigenvalue weighted by atomic mass is 10.1. The fourth-order valence-electron chi connectivity index (χ4n) is 2.47. The summed E-state index contributed by atoms with van der Waals surface area (Å²) in [5.74, 6) is 0.0710. The number of hydrogen-bond acceptors (Lipinski definition) is 3. The maximum Gasteiger partial charge on any atom is 0.272 e. The SMILES string of the molecule is CCNc1ccnc(C(=O)N2CCCCCCC2)c1. The first-order valence-corrected chi connectivity index (χ1v) is 7.30. The maximum atomic E-state index is 12.5. The molecule has 0 spiro atoms. The molecular weight excluding hydrogens is 238 g/mol. The number of amides is 1. The van der Waals surface area contributed by atoms with E-state index in [4.69, 9.17) is 0 Å². The topological polar surface area (TPSA) is 45.2 Å². The first kappa shape index (κ1) is 13.8. The molecule has 0 aromatic carbocycles. The van der Waals surface area contributed by atoms with Gasteiger partial charge in [0, 0.05) is 31.5 Å². The van der Waals surface area contributed by atoms with Gasteiger partial charge in [-0.2, -0.15) is 0 Å². The van der Waals surface area contributed by atoms with Crippen molar-refractivity contribution in [3.05, 3.63) is 24.0 Å². The summed E-state index contributed by atoms with van der Waals surface area (Å²) in [5, 5.41) is 3.22. The van der Waals surface area contributed by atoms with Gasteiger partial charge in [0.25, 0.3) is 5.91 Å². The molecule has 1 N–H and O–H groups in total. The summed E-state index contributed by atoms with van der Waals surface area (Å²) >= 11 is 0. The summed E-state index contributed by atoms with van der Waals surface area (Å²) < 4.78 is 0. The van der Waals surface area contributed by atoms with Gasteiger partial charge in [-0.3, -0.25) is 9.78 Å². The summed E-state index contributed by atoms with van der Waals surface area (Å²) in [6.45, 7) is 4.62. The van der Waals surface area contributed by atoms with E-state index in [0.29, 0.717) is 5.69 Å². The van der Waals surface area contributed by atoms with Gasteiger partial charge in [-0.25, -0.2) is 0 Å². The lowest BCUT2D eigenvalue weighted by molar-refractivity contribution is 0.0736. The van der Waals surface area contributed by atoms with Crippen LogP contribution >= 0.6 is 0 Å². The van der Waals surface area contributed by atoms with Gasteiger partial charge < -0.3 is 10.2 Å². The van der Waals surface area contributed by atoms with Crippen molar-refractivity contribution in [1.29, 1.82) is 0 Å². The highest BCUT2D eigenvalue weighted by Crippen LogP contribution is 2.14. The molecule has 1 aliphatic heterocycles. The van der Waals surface area contributed by atoms with Crippen LogP contribution < -0.4 is 5.32 Å². The largest absolute Gasteiger partial charge is 0.385 e. The average molecular weight is 261 g/mol. The van der Waals surface area contributed by atoms with Crippen molar-refractivity contribution >= 4 is 11.6 Å². The second-order valence-electron chi connectivity index (χ2n) is 5.02. The highest BCUT2D eigenvalue weighted by atomic mass is 16.2. The Balaban J connectivity index is 2.06. The molecule has 0 unspecified atom stereocenters. The summed E-state index contributed by atoms with van der Waals surface area (Å²) in [7, 11) is 0. The molecule has 19 heavy (non-hydrogen) atoms. The molecule has 1 fully saturated rings. The minimum Gasteiger partial charge on any atom is -0.385 e. The van der Waals surface area contributed by atoms with Crippen molar-refractivity contribution in [3.8, 4) is 0 Å². The van der Waals surface area contributed by atoms with Gasteiger partial charge >= 0.3 is 0 Å². The van der Waals surface area contributed by atoms with Crippen LogP contribution in [0.4, 0.5) is 5.69 Å². The molecule has 0 atom stereocenters. The van der Waals surface area contributed by atoms with E-state index in [9.17, 15) is 4.79 Å². The van der Waals surface area contributed by atoms with Gasteiger partial charge in [0.1, 0.15) is 5.69 Å². The third-order valence-corrected chi connectivity index (χ3v) is 3.50. The lowest BCUT2D eigenvalue weighted by Gasteiger charge is -2.24. The monoisotopic (exact) mass is 261 g/mol. The first-order valence-electron chi connectivity index (χ1n) is 7.30. The molecule has 1 amide bonds. The fraction of sp³-hybridized carbons (Fsp3) is 0.600. The van der Waals surface area contributed by atoms with Crippen LogP contribution in [-0.2, 0) is 0 Å². The van der Waals surface area contributed by atoms with Gasteiger partial charge in [-0.15, -0.1) is 0 Å². The predicted octanol–water partition coefficient (Wildman–Crippen LogP) is 2.92. The molecule has 0 saturated carbocycles. The zero-order valence-corrected chi connectivity index (χ0v) is 11.7. The number of pyridine rings is 1. The van der Waals surface area contributed by atoms with Crippen LogP contribution in [0.1, 0.15) is 49.5 Å². The number of carbonyl (C=O) groups excluding carboxylic acids is 1. The number of nitrogens with one attached hydrogen (secondary N) is 1. The summed E-state index contributed by atoms with van der Waals surface area (Å²) in [6.07, 6.45) is 7.69. The Bertz CT molecular complexity index is 412. The Morgan fingerprint density at radius 2 is 1.95 bits per heavy atom. The Labute approximate surface area is 115 Å². The summed E-state index contributed by atoms with van der Waals surface area (Å²) in [5.41, 5.74) is 1.52. The third kappa shape index (κ3) is 3.94. The van der Waals surface area contributed by atoms with Crippen molar-refractivity contribution < 1.29 is 4.79 Å². The molecule has 1 aromatic rings. The van der Waals surface area contributed by atoms with Gasteiger partial charge in [0.15, 0.2) is 0 Å². The minimum absolute atomic E-state index is 0.0710. The number of rotatable bonds is 3. The Hall–Kier alpha value is -1.58. The highest BCUT2D eigenvalue weighted by Gasteiger charge is 2.17. The Kier molecular flexibility index (Phi) is 5.19. The van der Waals surface area contributed by atoms with Crippen molar-refractivity contribution in [2.75, 3.05) is 25.0 Å². The van der Waals surface area contributed by atoms with E-state index in [2.05, 4.69) is 10.3 Å². The van der Waals surface area contributed by atoms with Crippen LogP contribution in [0.3, 0.4) is 0 Å². The number of nitrogens with zero attached hydrogens (tertiary/aromatic N) is 2. The quantitative estimate of drug-likeness (QED) is 0.910. The van der Waals surface area contributed by atoms with Crippen LogP contribution in [0.2, 0.25) is 0 Å². The van der Waals surface area contributed by atoms with E-state index in [1.165, 1.54) is 19.3 Å². The van der Waals surface area contributed by atoms with Crippen molar-refractivity contribution in [1.82, 2.24) is 9.88 Å². The van der Waals surface area contributed by atoms with E-state index in [0.717, 1.165) is 38.2 Å². The van der Waals surface area contributed by atoms with Crippen LogP contribution in [0, 0.1) is 0 Å². The van der Waals surface area contributed by atoms with Gasteiger partial charge in [0.05, 0.1) is 0 Å². The molecule has 2 rings (SSSR count). The summed E-state index contributed by atoms with van der Waals surface area (Å²) in [4.78, 5) is 18.6. The molecule has 1 saturated heterocycles. The van der Waals surface area contributed by atoms with Crippen LogP contribution in [0.5, 0.6) is 0 Å². The van der Waals surface area contributed by atoms with E-state index < -0.39 is 0 Å². The second-order valence-corrected chi connectivity index (χ2v) is 5.02. The smallest absolute Gasteiger partial charge is 0.272 e. The summed E-state index contributed by atoms with van der Waals surface area (Å²) in [6, 6.07) is 3.75. The van der Waals surface area contributed by atoms with Crippen LogP contribution in [-0.4, -0.2) is 35.4 Å². The van der Waals surface area contributed by atoms with Crippen molar-refractivity contribution in [2.24, 2.45) is 0 Å². The van der Waals surface area contributed by atoms with Gasteiger partial charge in [0.2, 0.25) is 0 Å². The van der Waals surface area contributed by atoms with E-state index in [1.54, 1.807) is 6.20 Å². The lowest BCUT2D eigenvalue weighted by Crippen LogP contribution is -2.34. The average Bonchev–Trinajstić information content (AvgIpc) is 2.38.